The molecule has 0 radical (unpaired) electrons. The van der Waals surface area contributed by atoms with Crippen LogP contribution >= 0.6 is 0 Å². The molecule has 0 unspecified atom stereocenters. The number of aryl methyl sites for hydroxylation is 2. The molecule has 0 amide bonds. The molecule has 0 bridgehead atoms. The monoisotopic (exact) mass is 176 g/mol. The normalized spacial score (nSPS) is 9.54. The molecular weight excluding hydrogens is 160 g/mol. The number of hydrogen-bond donors (Lipinski definition) is 1. The van der Waals surface area contributed by atoms with E-state index in [4.69, 9.17) is 0 Å². The quantitative estimate of drug-likeness (QED) is 0.656. The Hall–Kier alpha value is -1.31. The van der Waals surface area contributed by atoms with Gasteiger partial charge in [0.2, 0.25) is 0 Å². The Morgan fingerprint density at radius 3 is 2.46 bits per heavy atom. The smallest absolute Gasteiger partial charge is 0.137 e. The summed E-state index contributed by atoms with van der Waals surface area (Å²) >= 11 is 0. The lowest BCUT2D eigenvalue weighted by Crippen LogP contribution is -1.79. The Morgan fingerprint density at radius 1 is 1.15 bits per heavy atom. The molecule has 1 N–H and O–H groups in total. The number of aromatic nitrogens is 2. The van der Waals surface area contributed by atoms with Crippen LogP contribution in [-0.4, -0.2) is 9.97 Å². The van der Waals surface area contributed by atoms with Crippen molar-refractivity contribution in [1.29, 1.82) is 0 Å². The van der Waals surface area contributed by atoms with Gasteiger partial charge in [-0.25, -0.2) is 4.98 Å². The molecular formula is C11H16N2. The fraction of sp³-hybridized carbons (Fsp3) is 0.364. The molecule has 70 valence electrons. The molecule has 2 heterocycles. The van der Waals surface area contributed by atoms with Crippen molar-refractivity contribution in [2.24, 2.45) is 0 Å². The summed E-state index contributed by atoms with van der Waals surface area (Å²) in [4.78, 5) is 7.32. The maximum atomic E-state index is 4.21. The van der Waals surface area contributed by atoms with Crippen LogP contribution < -0.4 is 0 Å². The predicted octanol–water partition coefficient (Wildman–Crippen LogP) is 3.21. The number of nitrogens with one attached hydrogen (secondary N) is 1. The molecule has 2 heteroatoms. The highest BCUT2D eigenvalue weighted by molar-refractivity contribution is 5.82. The van der Waals surface area contributed by atoms with Gasteiger partial charge in [0.15, 0.2) is 0 Å². The Bertz CT molecular complexity index is 388. The third-order valence-corrected chi connectivity index (χ3v) is 1.98. The highest BCUT2D eigenvalue weighted by Gasteiger charge is 2.01. The molecule has 0 saturated carbocycles. The largest absolute Gasteiger partial charge is 0.346 e. The molecule has 2 aromatic rings. The second-order valence-electron chi connectivity index (χ2n) is 2.82. The highest BCUT2D eigenvalue weighted by Crippen LogP contribution is 2.18. The minimum absolute atomic E-state index is 0.988. The van der Waals surface area contributed by atoms with E-state index in [1.165, 1.54) is 16.5 Å². The Morgan fingerprint density at radius 2 is 1.85 bits per heavy atom. The fourth-order valence-corrected chi connectivity index (χ4v) is 1.41. The summed E-state index contributed by atoms with van der Waals surface area (Å²) in [5, 5.41) is 1.26. The third-order valence-electron chi connectivity index (χ3n) is 1.98. The van der Waals surface area contributed by atoms with Gasteiger partial charge >= 0.3 is 0 Å². The molecule has 2 aromatic heterocycles. The Balaban J connectivity index is 0.000000396. The molecule has 0 aliphatic heterocycles. The van der Waals surface area contributed by atoms with E-state index in [2.05, 4.69) is 23.8 Å². The first-order chi connectivity index (χ1) is 6.29. The molecule has 0 aliphatic carbocycles. The van der Waals surface area contributed by atoms with Gasteiger partial charge in [0.25, 0.3) is 0 Å². The first-order valence-corrected chi connectivity index (χ1v) is 4.68. The van der Waals surface area contributed by atoms with Crippen molar-refractivity contribution in [1.82, 2.24) is 9.97 Å². The van der Waals surface area contributed by atoms with Gasteiger partial charge in [-0.15, -0.1) is 0 Å². The van der Waals surface area contributed by atoms with E-state index in [1.807, 2.05) is 32.3 Å². The zero-order valence-corrected chi connectivity index (χ0v) is 8.68. The van der Waals surface area contributed by atoms with Crippen molar-refractivity contribution in [2.75, 3.05) is 0 Å². The molecule has 0 saturated heterocycles. The van der Waals surface area contributed by atoms with Crippen LogP contribution in [0, 0.1) is 13.8 Å². The molecule has 2 nitrogen and oxygen atoms in total. The van der Waals surface area contributed by atoms with Crippen LogP contribution in [0.25, 0.3) is 11.0 Å². The average Bonchev–Trinajstić information content (AvgIpc) is 2.53. The molecule has 13 heavy (non-hydrogen) atoms. The van der Waals surface area contributed by atoms with Crippen molar-refractivity contribution in [2.45, 2.75) is 27.7 Å². The first kappa shape index (κ1) is 9.78. The Kier molecular flexibility index (Phi) is 3.07. The maximum absolute atomic E-state index is 4.21. The van der Waals surface area contributed by atoms with Crippen molar-refractivity contribution < 1.29 is 0 Å². The molecule has 0 spiro atoms. The van der Waals surface area contributed by atoms with Gasteiger partial charge in [0, 0.05) is 17.8 Å². The van der Waals surface area contributed by atoms with Gasteiger partial charge in [0.05, 0.1) is 0 Å². The van der Waals surface area contributed by atoms with E-state index < -0.39 is 0 Å². The number of aromatic amines is 1. The fourth-order valence-electron chi connectivity index (χ4n) is 1.41. The lowest BCUT2D eigenvalue weighted by molar-refractivity contribution is 1.31. The van der Waals surface area contributed by atoms with Gasteiger partial charge in [-0.05, 0) is 31.0 Å². The number of H-pyrrole nitrogens is 1. The van der Waals surface area contributed by atoms with E-state index in [0.29, 0.717) is 0 Å². The van der Waals surface area contributed by atoms with Crippen LogP contribution in [-0.2, 0) is 0 Å². The van der Waals surface area contributed by atoms with Crippen molar-refractivity contribution in [3.63, 3.8) is 0 Å². The van der Waals surface area contributed by atoms with Crippen molar-refractivity contribution >= 4 is 11.0 Å². The van der Waals surface area contributed by atoms with Gasteiger partial charge in [-0.1, -0.05) is 13.8 Å². The summed E-state index contributed by atoms with van der Waals surface area (Å²) in [6, 6.07) is 2.03. The van der Waals surface area contributed by atoms with Crippen LogP contribution in [0.4, 0.5) is 0 Å². The zero-order chi connectivity index (χ0) is 9.84. The van der Waals surface area contributed by atoms with E-state index in [-0.39, 0.29) is 0 Å². The van der Waals surface area contributed by atoms with Crippen molar-refractivity contribution in [3.05, 3.63) is 29.6 Å². The van der Waals surface area contributed by atoms with Crippen molar-refractivity contribution in [3.8, 4) is 0 Å². The van der Waals surface area contributed by atoms with Gasteiger partial charge in [-0.2, -0.15) is 0 Å². The zero-order valence-electron chi connectivity index (χ0n) is 8.68. The SMILES string of the molecule is CC.Cc1ccnc2[nH]cc(C)c12. The second-order valence-corrected chi connectivity index (χ2v) is 2.82. The van der Waals surface area contributed by atoms with Gasteiger partial charge in [0.1, 0.15) is 5.65 Å². The van der Waals surface area contributed by atoms with E-state index in [0.717, 1.165) is 5.65 Å². The maximum Gasteiger partial charge on any atom is 0.137 e. The highest BCUT2D eigenvalue weighted by atomic mass is 14.8. The van der Waals surface area contributed by atoms with Crippen LogP contribution in [0.2, 0.25) is 0 Å². The van der Waals surface area contributed by atoms with Gasteiger partial charge in [-0.3, -0.25) is 0 Å². The summed E-state index contributed by atoms with van der Waals surface area (Å²) in [6.45, 7) is 8.19. The van der Waals surface area contributed by atoms with Crippen LogP contribution in [0.1, 0.15) is 25.0 Å². The summed E-state index contributed by atoms with van der Waals surface area (Å²) in [7, 11) is 0. The Labute approximate surface area is 79.0 Å². The van der Waals surface area contributed by atoms with Crippen LogP contribution in [0.15, 0.2) is 18.5 Å². The van der Waals surface area contributed by atoms with E-state index in [9.17, 15) is 0 Å². The standard InChI is InChI=1S/C9H10N2.C2H6/c1-6-3-4-10-9-8(6)7(2)5-11-9;1-2/h3-5H,1-2H3,(H,10,11);1-2H3. The number of rotatable bonds is 0. The first-order valence-electron chi connectivity index (χ1n) is 4.68. The number of fused-ring (bicyclic) bond motifs is 1. The number of nitrogens with zero attached hydrogens (tertiary/aromatic N) is 1. The summed E-state index contributed by atoms with van der Waals surface area (Å²) in [6.07, 6.45) is 3.82. The predicted molar refractivity (Wildman–Crippen MR) is 56.9 cm³/mol. The van der Waals surface area contributed by atoms with Crippen LogP contribution in [0.3, 0.4) is 0 Å². The van der Waals surface area contributed by atoms with Crippen LogP contribution in [0.5, 0.6) is 0 Å². The molecule has 2 rings (SSSR count). The van der Waals surface area contributed by atoms with Gasteiger partial charge < -0.3 is 4.98 Å². The van der Waals surface area contributed by atoms with E-state index in [1.54, 1.807) is 0 Å². The minimum Gasteiger partial charge on any atom is -0.346 e. The number of hydrogen-bond acceptors (Lipinski definition) is 1. The molecule has 0 aromatic carbocycles. The molecule has 0 fully saturated rings. The minimum atomic E-state index is 0.988. The lowest BCUT2D eigenvalue weighted by atomic mass is 10.1. The summed E-state index contributed by atoms with van der Waals surface area (Å²) < 4.78 is 0. The molecule has 0 aliphatic rings. The molecule has 0 atom stereocenters. The number of pyridine rings is 1. The average molecular weight is 176 g/mol. The second kappa shape index (κ2) is 4.08. The summed E-state index contributed by atoms with van der Waals surface area (Å²) in [5.41, 5.74) is 3.54. The summed E-state index contributed by atoms with van der Waals surface area (Å²) in [5.74, 6) is 0. The lowest BCUT2D eigenvalue weighted by Gasteiger charge is -1.94. The van der Waals surface area contributed by atoms with E-state index >= 15 is 0 Å². The third kappa shape index (κ3) is 1.72. The topological polar surface area (TPSA) is 28.7 Å².